The van der Waals surface area contributed by atoms with Crippen LogP contribution in [0.5, 0.6) is 17.2 Å². The van der Waals surface area contributed by atoms with Crippen LogP contribution in [-0.4, -0.2) is 29.2 Å². The summed E-state index contributed by atoms with van der Waals surface area (Å²) in [5, 5.41) is 11.7. The molecule has 2 rings (SSSR count). The van der Waals surface area contributed by atoms with Gasteiger partial charge in [-0.25, -0.2) is 4.98 Å². The summed E-state index contributed by atoms with van der Waals surface area (Å²) in [6, 6.07) is 10.1. The van der Waals surface area contributed by atoms with Crippen molar-refractivity contribution in [1.29, 1.82) is 0 Å². The van der Waals surface area contributed by atoms with Gasteiger partial charge in [-0.2, -0.15) is 0 Å². The smallest absolute Gasteiger partial charge is 0.263 e. The first-order valence-electron chi connectivity index (χ1n) is 7.33. The third kappa shape index (κ3) is 5.86. The van der Waals surface area contributed by atoms with E-state index in [1.54, 1.807) is 12.1 Å². The Morgan fingerprint density at radius 3 is 2.61 bits per heavy atom. The van der Waals surface area contributed by atoms with Gasteiger partial charge < -0.3 is 19.9 Å². The topological polar surface area (TPSA) is 80.7 Å². The number of carbonyl (C=O) groups excluding carboxylic acids is 1. The number of amides is 1. The zero-order valence-corrected chi connectivity index (χ0v) is 13.2. The van der Waals surface area contributed by atoms with Gasteiger partial charge in [0.05, 0.1) is 12.8 Å². The summed E-state index contributed by atoms with van der Waals surface area (Å²) < 4.78 is 11.0. The number of pyridine rings is 1. The fourth-order valence-electron chi connectivity index (χ4n) is 1.70. The van der Waals surface area contributed by atoms with Gasteiger partial charge in [0.15, 0.2) is 6.61 Å². The molecule has 0 aliphatic rings. The first kappa shape index (κ1) is 16.6. The minimum Gasteiger partial charge on any atom is -0.506 e. The lowest BCUT2D eigenvalue weighted by Crippen LogP contribution is -2.20. The molecule has 0 bridgehead atoms. The van der Waals surface area contributed by atoms with Gasteiger partial charge in [-0.3, -0.25) is 4.79 Å². The predicted octanol–water partition coefficient (Wildman–Crippen LogP) is 2.84. The zero-order valence-electron chi connectivity index (χ0n) is 13.2. The molecule has 0 aliphatic carbocycles. The monoisotopic (exact) mass is 316 g/mol. The second-order valence-corrected chi connectivity index (χ2v) is 5.42. The molecule has 2 aromatic rings. The van der Waals surface area contributed by atoms with E-state index >= 15 is 0 Å². The van der Waals surface area contributed by atoms with E-state index in [9.17, 15) is 4.79 Å². The highest BCUT2D eigenvalue weighted by Gasteiger charge is 2.06. The molecule has 6 nitrogen and oxygen atoms in total. The molecule has 0 saturated heterocycles. The standard InChI is InChI=1S/C17H20N2O4/c1-12(2)10-22-14-4-3-5-15(8-14)23-11-17(21)19-16-7-6-13(20)9-18-16/h3-9,12,20H,10-11H2,1-2H3,(H,18,19,21). The number of hydrogen-bond acceptors (Lipinski definition) is 5. The Kier molecular flexibility index (Phi) is 5.80. The van der Waals surface area contributed by atoms with Crippen LogP contribution in [0, 0.1) is 5.92 Å². The number of aromatic nitrogens is 1. The maximum absolute atomic E-state index is 11.8. The second kappa shape index (κ2) is 8.03. The van der Waals surface area contributed by atoms with Crippen molar-refractivity contribution in [2.75, 3.05) is 18.5 Å². The Labute approximate surface area is 135 Å². The first-order valence-corrected chi connectivity index (χ1v) is 7.33. The molecule has 1 aromatic heterocycles. The summed E-state index contributed by atoms with van der Waals surface area (Å²) in [6.45, 7) is 4.62. The van der Waals surface area contributed by atoms with E-state index in [1.165, 1.54) is 18.3 Å². The number of rotatable bonds is 7. The van der Waals surface area contributed by atoms with Crippen molar-refractivity contribution in [2.24, 2.45) is 5.92 Å². The largest absolute Gasteiger partial charge is 0.506 e. The van der Waals surface area contributed by atoms with Crippen molar-refractivity contribution in [3.63, 3.8) is 0 Å². The van der Waals surface area contributed by atoms with Gasteiger partial charge in [0.1, 0.15) is 23.1 Å². The molecule has 23 heavy (non-hydrogen) atoms. The van der Waals surface area contributed by atoms with Crippen LogP contribution in [0.25, 0.3) is 0 Å². The Bertz CT molecular complexity index is 641. The van der Waals surface area contributed by atoms with Crippen molar-refractivity contribution in [3.05, 3.63) is 42.6 Å². The van der Waals surface area contributed by atoms with E-state index < -0.39 is 0 Å². The molecule has 0 atom stereocenters. The van der Waals surface area contributed by atoms with E-state index in [0.29, 0.717) is 29.8 Å². The Morgan fingerprint density at radius 1 is 1.22 bits per heavy atom. The van der Waals surface area contributed by atoms with Gasteiger partial charge in [-0.05, 0) is 30.2 Å². The number of ether oxygens (including phenoxy) is 2. The number of aromatic hydroxyl groups is 1. The molecule has 1 aromatic carbocycles. The third-order valence-corrected chi connectivity index (χ3v) is 2.77. The maximum Gasteiger partial charge on any atom is 0.263 e. The van der Waals surface area contributed by atoms with Crippen molar-refractivity contribution < 1.29 is 19.4 Å². The molecule has 0 fully saturated rings. The van der Waals surface area contributed by atoms with Gasteiger partial charge in [-0.15, -0.1) is 0 Å². The molecular weight excluding hydrogens is 296 g/mol. The van der Waals surface area contributed by atoms with E-state index in [2.05, 4.69) is 24.1 Å². The molecule has 122 valence electrons. The summed E-state index contributed by atoms with van der Waals surface area (Å²) in [5.41, 5.74) is 0. The van der Waals surface area contributed by atoms with E-state index in [4.69, 9.17) is 14.6 Å². The molecule has 1 heterocycles. The minimum atomic E-state index is -0.336. The van der Waals surface area contributed by atoms with Crippen LogP contribution in [0.3, 0.4) is 0 Å². The average molecular weight is 316 g/mol. The molecule has 0 radical (unpaired) electrons. The van der Waals surface area contributed by atoms with Gasteiger partial charge in [0.2, 0.25) is 0 Å². The van der Waals surface area contributed by atoms with Crippen molar-refractivity contribution in [1.82, 2.24) is 4.98 Å². The predicted molar refractivity (Wildman–Crippen MR) is 86.8 cm³/mol. The molecule has 6 heteroatoms. The van der Waals surface area contributed by atoms with E-state index in [-0.39, 0.29) is 18.3 Å². The van der Waals surface area contributed by atoms with Crippen LogP contribution in [0.1, 0.15) is 13.8 Å². The fourth-order valence-corrected chi connectivity index (χ4v) is 1.70. The normalized spacial score (nSPS) is 10.4. The number of carbonyl (C=O) groups is 1. The lowest BCUT2D eigenvalue weighted by Gasteiger charge is -2.11. The molecule has 2 N–H and O–H groups in total. The Morgan fingerprint density at radius 2 is 1.96 bits per heavy atom. The minimum absolute atomic E-state index is 0.0393. The molecule has 0 saturated carbocycles. The maximum atomic E-state index is 11.8. The van der Waals surface area contributed by atoms with Crippen LogP contribution in [0.2, 0.25) is 0 Å². The zero-order chi connectivity index (χ0) is 16.7. The van der Waals surface area contributed by atoms with Crippen molar-refractivity contribution >= 4 is 11.7 Å². The third-order valence-electron chi connectivity index (χ3n) is 2.77. The second-order valence-electron chi connectivity index (χ2n) is 5.42. The summed E-state index contributed by atoms with van der Waals surface area (Å²) in [4.78, 5) is 15.7. The summed E-state index contributed by atoms with van der Waals surface area (Å²) in [5.74, 6) is 1.75. The Hall–Kier alpha value is -2.76. The number of hydrogen-bond donors (Lipinski definition) is 2. The van der Waals surface area contributed by atoms with E-state index in [1.807, 2.05) is 12.1 Å². The van der Waals surface area contributed by atoms with Gasteiger partial charge in [0.25, 0.3) is 5.91 Å². The van der Waals surface area contributed by atoms with Crippen molar-refractivity contribution in [3.8, 4) is 17.2 Å². The van der Waals surface area contributed by atoms with Crippen LogP contribution < -0.4 is 14.8 Å². The van der Waals surface area contributed by atoms with Crippen molar-refractivity contribution in [2.45, 2.75) is 13.8 Å². The molecule has 0 unspecified atom stereocenters. The lowest BCUT2D eigenvalue weighted by atomic mass is 10.2. The van der Waals surface area contributed by atoms with Crippen LogP contribution in [0.4, 0.5) is 5.82 Å². The highest BCUT2D eigenvalue weighted by molar-refractivity contribution is 5.90. The molecule has 0 spiro atoms. The van der Waals surface area contributed by atoms with Crippen LogP contribution in [0.15, 0.2) is 42.6 Å². The van der Waals surface area contributed by atoms with Gasteiger partial charge >= 0.3 is 0 Å². The van der Waals surface area contributed by atoms with Crippen LogP contribution in [-0.2, 0) is 4.79 Å². The van der Waals surface area contributed by atoms with Gasteiger partial charge in [0, 0.05) is 6.07 Å². The number of anilines is 1. The quantitative estimate of drug-likeness (QED) is 0.821. The summed E-state index contributed by atoms with van der Waals surface area (Å²) in [7, 11) is 0. The van der Waals surface area contributed by atoms with Crippen LogP contribution >= 0.6 is 0 Å². The first-order chi connectivity index (χ1) is 11.0. The van der Waals surface area contributed by atoms with Gasteiger partial charge in [-0.1, -0.05) is 19.9 Å². The molecular formula is C17H20N2O4. The molecule has 0 aliphatic heterocycles. The number of nitrogens with zero attached hydrogens (tertiary/aromatic N) is 1. The van der Waals surface area contributed by atoms with E-state index in [0.717, 1.165) is 0 Å². The highest BCUT2D eigenvalue weighted by Crippen LogP contribution is 2.20. The SMILES string of the molecule is CC(C)COc1cccc(OCC(=O)Nc2ccc(O)cn2)c1. The summed E-state index contributed by atoms with van der Waals surface area (Å²) in [6.07, 6.45) is 1.26. The number of benzene rings is 1. The number of nitrogens with one attached hydrogen (secondary N) is 1. The Balaban J connectivity index is 1.84. The average Bonchev–Trinajstić information content (AvgIpc) is 2.54. The lowest BCUT2D eigenvalue weighted by molar-refractivity contribution is -0.118. The molecule has 1 amide bonds. The fraction of sp³-hybridized carbons (Fsp3) is 0.294. The summed E-state index contributed by atoms with van der Waals surface area (Å²) >= 11 is 0. The highest BCUT2D eigenvalue weighted by atomic mass is 16.5.